The highest BCUT2D eigenvalue weighted by atomic mass is 16.3. The van der Waals surface area contributed by atoms with E-state index in [0.717, 1.165) is 0 Å². The molecule has 2 aromatic rings. The Kier molecular flexibility index (Phi) is 6.08. The standard InChI is InChI=1S/C20H24N4O4/c1-3-22(4-2)18(25)15-7-8-21-16(14-15)19(26)23-9-11-24(12-10-23)20(27)17-6-5-13-28-17/h5-8,13-14H,3-4,9-12H2,1-2H3. The zero-order chi connectivity index (χ0) is 20.1. The third kappa shape index (κ3) is 4.05. The maximum atomic E-state index is 12.8. The Balaban J connectivity index is 1.64. The molecule has 8 nitrogen and oxygen atoms in total. The number of carbonyl (C=O) groups excluding carboxylic acids is 3. The maximum Gasteiger partial charge on any atom is 0.289 e. The second kappa shape index (κ2) is 8.69. The summed E-state index contributed by atoms with van der Waals surface area (Å²) < 4.78 is 5.15. The molecule has 3 heterocycles. The van der Waals surface area contributed by atoms with Gasteiger partial charge in [0.25, 0.3) is 17.7 Å². The number of furan rings is 1. The van der Waals surface area contributed by atoms with Crippen molar-refractivity contribution >= 4 is 17.7 Å². The fraction of sp³-hybridized carbons (Fsp3) is 0.400. The molecule has 0 aromatic carbocycles. The van der Waals surface area contributed by atoms with Crippen molar-refractivity contribution in [1.82, 2.24) is 19.7 Å². The van der Waals surface area contributed by atoms with Gasteiger partial charge in [0.1, 0.15) is 5.69 Å². The Morgan fingerprint density at radius 3 is 2.25 bits per heavy atom. The second-order valence-electron chi connectivity index (χ2n) is 6.47. The summed E-state index contributed by atoms with van der Waals surface area (Å²) >= 11 is 0. The molecule has 3 amide bonds. The van der Waals surface area contributed by atoms with Crippen molar-refractivity contribution in [3.8, 4) is 0 Å². The molecule has 0 bridgehead atoms. The van der Waals surface area contributed by atoms with E-state index < -0.39 is 0 Å². The Hall–Kier alpha value is -3.16. The molecule has 28 heavy (non-hydrogen) atoms. The predicted octanol–water partition coefficient (Wildman–Crippen LogP) is 1.75. The van der Waals surface area contributed by atoms with Gasteiger partial charge in [0, 0.05) is 51.0 Å². The topological polar surface area (TPSA) is 87.0 Å². The number of carbonyl (C=O) groups is 3. The van der Waals surface area contributed by atoms with E-state index >= 15 is 0 Å². The lowest BCUT2D eigenvalue weighted by Crippen LogP contribution is -2.50. The van der Waals surface area contributed by atoms with E-state index in [2.05, 4.69) is 4.98 Å². The summed E-state index contributed by atoms with van der Waals surface area (Å²) in [7, 11) is 0. The van der Waals surface area contributed by atoms with Crippen LogP contribution in [-0.4, -0.2) is 76.7 Å². The number of hydrogen-bond acceptors (Lipinski definition) is 5. The lowest BCUT2D eigenvalue weighted by molar-refractivity contribution is 0.0515. The van der Waals surface area contributed by atoms with Gasteiger partial charge in [-0.1, -0.05) is 0 Å². The molecule has 0 saturated carbocycles. The molecule has 2 aromatic heterocycles. The lowest BCUT2D eigenvalue weighted by Gasteiger charge is -2.34. The van der Waals surface area contributed by atoms with Crippen LogP contribution in [0.3, 0.4) is 0 Å². The van der Waals surface area contributed by atoms with Crippen LogP contribution in [0.4, 0.5) is 0 Å². The molecule has 1 aliphatic rings. The Morgan fingerprint density at radius 2 is 1.68 bits per heavy atom. The molecule has 148 valence electrons. The molecular weight excluding hydrogens is 360 g/mol. The van der Waals surface area contributed by atoms with Gasteiger partial charge in [-0.3, -0.25) is 19.4 Å². The highest BCUT2D eigenvalue weighted by Crippen LogP contribution is 2.13. The SMILES string of the molecule is CCN(CC)C(=O)c1ccnc(C(=O)N2CCN(C(=O)c3ccco3)CC2)c1. The minimum atomic E-state index is -0.237. The van der Waals surface area contributed by atoms with Crippen LogP contribution in [0.25, 0.3) is 0 Å². The first kappa shape index (κ1) is 19.6. The average Bonchev–Trinajstić information content (AvgIpc) is 3.28. The summed E-state index contributed by atoms with van der Waals surface area (Å²) in [4.78, 5) is 46.8. The monoisotopic (exact) mass is 384 g/mol. The number of piperazine rings is 1. The molecule has 1 aliphatic heterocycles. The van der Waals surface area contributed by atoms with Gasteiger partial charge in [-0.05, 0) is 38.1 Å². The van der Waals surface area contributed by atoms with E-state index in [1.54, 1.807) is 39.0 Å². The number of rotatable bonds is 5. The van der Waals surface area contributed by atoms with Gasteiger partial charge in [0.2, 0.25) is 0 Å². The van der Waals surface area contributed by atoms with Crippen molar-refractivity contribution in [2.24, 2.45) is 0 Å². The van der Waals surface area contributed by atoms with Gasteiger partial charge < -0.3 is 19.1 Å². The van der Waals surface area contributed by atoms with Crippen LogP contribution in [0, 0.1) is 0 Å². The van der Waals surface area contributed by atoms with Gasteiger partial charge in [-0.15, -0.1) is 0 Å². The number of aromatic nitrogens is 1. The summed E-state index contributed by atoms with van der Waals surface area (Å²) in [6.07, 6.45) is 2.95. The summed E-state index contributed by atoms with van der Waals surface area (Å²) in [6.45, 7) is 6.69. The van der Waals surface area contributed by atoms with Crippen LogP contribution in [0.15, 0.2) is 41.1 Å². The zero-order valence-electron chi connectivity index (χ0n) is 16.1. The Bertz CT molecular complexity index is 838. The minimum absolute atomic E-state index is 0.115. The molecule has 0 N–H and O–H groups in total. The van der Waals surface area contributed by atoms with Gasteiger partial charge in [-0.25, -0.2) is 0 Å². The normalized spacial score (nSPS) is 14.1. The van der Waals surface area contributed by atoms with Gasteiger partial charge >= 0.3 is 0 Å². The van der Waals surface area contributed by atoms with Crippen molar-refractivity contribution < 1.29 is 18.8 Å². The fourth-order valence-electron chi connectivity index (χ4n) is 3.20. The van der Waals surface area contributed by atoms with E-state index in [4.69, 9.17) is 4.42 Å². The molecule has 0 spiro atoms. The van der Waals surface area contributed by atoms with Crippen LogP contribution >= 0.6 is 0 Å². The molecule has 0 aliphatic carbocycles. The summed E-state index contributed by atoms with van der Waals surface area (Å²) in [5.41, 5.74) is 0.692. The van der Waals surface area contributed by atoms with Crippen LogP contribution < -0.4 is 0 Å². The number of hydrogen-bond donors (Lipinski definition) is 0. The molecule has 3 rings (SSSR count). The van der Waals surface area contributed by atoms with Crippen LogP contribution in [-0.2, 0) is 0 Å². The molecule has 1 saturated heterocycles. The first-order valence-corrected chi connectivity index (χ1v) is 9.42. The maximum absolute atomic E-state index is 12.8. The first-order valence-electron chi connectivity index (χ1n) is 9.42. The van der Waals surface area contributed by atoms with Gasteiger partial charge in [0.05, 0.1) is 6.26 Å². The van der Waals surface area contributed by atoms with Crippen LogP contribution in [0.1, 0.15) is 45.2 Å². The van der Waals surface area contributed by atoms with Crippen molar-refractivity contribution in [3.05, 3.63) is 53.7 Å². The van der Waals surface area contributed by atoms with E-state index in [0.29, 0.717) is 50.6 Å². The van der Waals surface area contributed by atoms with E-state index in [1.165, 1.54) is 12.5 Å². The fourth-order valence-corrected chi connectivity index (χ4v) is 3.20. The third-order valence-electron chi connectivity index (χ3n) is 4.86. The Labute approximate surface area is 163 Å². The molecule has 0 unspecified atom stereocenters. The zero-order valence-corrected chi connectivity index (χ0v) is 16.1. The van der Waals surface area contributed by atoms with Gasteiger partial charge in [0.15, 0.2) is 5.76 Å². The third-order valence-corrected chi connectivity index (χ3v) is 4.86. The van der Waals surface area contributed by atoms with E-state index in [-0.39, 0.29) is 23.4 Å². The lowest BCUT2D eigenvalue weighted by atomic mass is 10.1. The number of pyridine rings is 1. The number of amides is 3. The minimum Gasteiger partial charge on any atom is -0.459 e. The first-order chi connectivity index (χ1) is 13.5. The molecule has 0 atom stereocenters. The van der Waals surface area contributed by atoms with Crippen molar-refractivity contribution in [3.63, 3.8) is 0 Å². The smallest absolute Gasteiger partial charge is 0.289 e. The summed E-state index contributed by atoms with van der Waals surface area (Å²) in [5, 5.41) is 0. The predicted molar refractivity (Wildman–Crippen MR) is 102 cm³/mol. The number of nitrogens with zero attached hydrogens (tertiary/aromatic N) is 4. The molecule has 8 heteroatoms. The van der Waals surface area contributed by atoms with Crippen molar-refractivity contribution in [2.45, 2.75) is 13.8 Å². The highest BCUT2D eigenvalue weighted by Gasteiger charge is 2.27. The van der Waals surface area contributed by atoms with E-state index in [1.807, 2.05) is 13.8 Å². The van der Waals surface area contributed by atoms with Crippen molar-refractivity contribution in [2.75, 3.05) is 39.3 Å². The van der Waals surface area contributed by atoms with Crippen LogP contribution in [0.5, 0.6) is 0 Å². The highest BCUT2D eigenvalue weighted by molar-refractivity contribution is 5.98. The molecule has 0 radical (unpaired) electrons. The Morgan fingerprint density at radius 1 is 1.04 bits per heavy atom. The van der Waals surface area contributed by atoms with Gasteiger partial charge in [-0.2, -0.15) is 0 Å². The summed E-state index contributed by atoms with van der Waals surface area (Å²) in [5.74, 6) is -0.235. The average molecular weight is 384 g/mol. The molecular formula is C20H24N4O4. The second-order valence-corrected chi connectivity index (χ2v) is 6.47. The van der Waals surface area contributed by atoms with Crippen LogP contribution in [0.2, 0.25) is 0 Å². The summed E-state index contributed by atoms with van der Waals surface area (Å²) in [6, 6.07) is 6.47. The largest absolute Gasteiger partial charge is 0.459 e. The molecule has 1 fully saturated rings. The van der Waals surface area contributed by atoms with E-state index in [9.17, 15) is 14.4 Å². The van der Waals surface area contributed by atoms with Crippen molar-refractivity contribution in [1.29, 1.82) is 0 Å². The quantitative estimate of drug-likeness (QED) is 0.784.